The van der Waals surface area contributed by atoms with E-state index in [0.29, 0.717) is 0 Å². The van der Waals surface area contributed by atoms with Crippen LogP contribution in [0, 0.1) is 0 Å². The average Bonchev–Trinajstić information content (AvgIpc) is 3.16. The molecule has 0 amide bonds. The Kier molecular flexibility index (Phi) is 11.6. The zero-order chi connectivity index (χ0) is 40.6. The third-order valence-corrected chi connectivity index (χ3v) is 8.99. The van der Waals surface area contributed by atoms with Crippen LogP contribution >= 0.6 is 0 Å². The van der Waals surface area contributed by atoms with Crippen molar-refractivity contribution >= 4 is 23.0 Å². The molecule has 0 spiro atoms. The molecule has 10 atom stereocenters. The maximum absolute atomic E-state index is 14.0. The van der Waals surface area contributed by atoms with Crippen molar-refractivity contribution < 1.29 is 94.2 Å². The largest absolute Gasteiger partial charge is 0.508 e. The minimum atomic E-state index is -2.09. The Labute approximate surface area is 313 Å². The van der Waals surface area contributed by atoms with Gasteiger partial charge in [0.25, 0.3) is 0 Å². The summed E-state index contributed by atoms with van der Waals surface area (Å²) in [5.74, 6) is -5.91. The summed E-state index contributed by atoms with van der Waals surface area (Å²) in [6, 6.07) is 8.60. The fourth-order valence-electron chi connectivity index (χ4n) is 6.07. The molecule has 3 aromatic carbocycles. The Morgan fingerprint density at radius 3 is 1.93 bits per heavy atom. The minimum absolute atomic E-state index is 0.120. The molecule has 10 unspecified atom stereocenters. The number of aliphatic hydroxyl groups is 6. The molecule has 0 aliphatic carbocycles. The first kappa shape index (κ1) is 40.0. The van der Waals surface area contributed by atoms with Crippen LogP contribution in [0.4, 0.5) is 0 Å². The molecule has 0 radical (unpaired) electrons. The van der Waals surface area contributed by atoms with Gasteiger partial charge in [-0.05, 0) is 42.0 Å². The molecule has 2 aliphatic heterocycles. The summed E-state index contributed by atoms with van der Waals surface area (Å²) >= 11 is 0. The molecule has 0 saturated carbocycles. The van der Waals surface area contributed by atoms with Crippen LogP contribution in [0.25, 0.3) is 28.4 Å². The van der Waals surface area contributed by atoms with Gasteiger partial charge in [-0.3, -0.25) is 4.79 Å². The van der Waals surface area contributed by atoms with Crippen LogP contribution in [-0.4, -0.2) is 142 Å². The summed E-state index contributed by atoms with van der Waals surface area (Å²) in [4.78, 5) is 26.9. The van der Waals surface area contributed by atoms with E-state index < -0.39 is 137 Å². The molecule has 20 nitrogen and oxygen atoms in total. The van der Waals surface area contributed by atoms with Crippen molar-refractivity contribution in [1.82, 2.24) is 0 Å². The number of phenolic OH excluding ortho intramolecular Hbond substituents is 6. The monoisotopic (exact) mass is 788 g/mol. The molecule has 4 aromatic rings. The Morgan fingerprint density at radius 2 is 1.30 bits per heavy atom. The highest BCUT2D eigenvalue weighted by atomic mass is 16.8. The van der Waals surface area contributed by atoms with Gasteiger partial charge in [0.2, 0.25) is 17.5 Å². The SMILES string of the molecule is O=C(C=Cc1ccc(O)c(O)c1)OC1C(OC2C(Oc3c(-c4ccc(O)c(O)c4)oc4cc(O)cc(O)c4c3=O)OC(CO)C(O)C2O)OC(CO)C(O)C1O. The van der Waals surface area contributed by atoms with Crippen LogP contribution in [0.2, 0.25) is 0 Å². The molecular weight excluding hydrogens is 752 g/mol. The third-order valence-electron chi connectivity index (χ3n) is 8.99. The molecule has 3 heterocycles. The van der Waals surface area contributed by atoms with Gasteiger partial charge in [-0.2, -0.15) is 0 Å². The lowest BCUT2D eigenvalue weighted by Crippen LogP contribution is -2.65. The van der Waals surface area contributed by atoms with Crippen molar-refractivity contribution in [2.24, 2.45) is 0 Å². The van der Waals surface area contributed by atoms with Crippen molar-refractivity contribution in [3.05, 3.63) is 70.4 Å². The van der Waals surface area contributed by atoms with E-state index in [0.717, 1.165) is 48.6 Å². The van der Waals surface area contributed by atoms with E-state index in [-0.39, 0.29) is 16.7 Å². The number of hydrogen-bond acceptors (Lipinski definition) is 20. The summed E-state index contributed by atoms with van der Waals surface area (Å²) in [7, 11) is 0. The molecule has 12 N–H and O–H groups in total. The van der Waals surface area contributed by atoms with E-state index in [1.807, 2.05) is 0 Å². The standard InChI is InChI=1S/C36H36O20/c37-11-22-26(46)29(49)33(54-24(45)6-2-13-1-4-16(40)18(42)7-13)35(52-22)56-34-30(50)27(47)23(12-38)53-36(34)55-32-28(48)25-20(44)9-15(39)10-21(25)51-31(32)14-3-5-17(41)19(43)8-14/h1-10,22-23,26-27,29-30,33-44,46-47,49-50H,11-12H2. The predicted molar refractivity (Wildman–Crippen MR) is 184 cm³/mol. The molecule has 1 aromatic heterocycles. The lowest BCUT2D eigenvalue weighted by Gasteiger charge is -2.46. The van der Waals surface area contributed by atoms with Gasteiger partial charge < -0.3 is 89.4 Å². The van der Waals surface area contributed by atoms with Gasteiger partial charge in [0.15, 0.2) is 47.3 Å². The third kappa shape index (κ3) is 7.86. The first-order valence-electron chi connectivity index (χ1n) is 16.6. The number of carbonyl (C=O) groups is 1. The average molecular weight is 789 g/mol. The number of aromatic hydroxyl groups is 6. The number of hydrogen-bond donors (Lipinski definition) is 12. The topological polar surface area (TPSA) is 336 Å². The van der Waals surface area contributed by atoms with Gasteiger partial charge in [0, 0.05) is 23.8 Å². The summed E-state index contributed by atoms with van der Waals surface area (Å²) in [5, 5.41) is 123. The van der Waals surface area contributed by atoms with Crippen LogP contribution in [0.3, 0.4) is 0 Å². The second kappa shape index (κ2) is 16.2. The van der Waals surface area contributed by atoms with Gasteiger partial charge in [-0.25, -0.2) is 4.79 Å². The van der Waals surface area contributed by atoms with E-state index in [9.17, 15) is 70.9 Å². The molecule has 6 rings (SSSR count). The second-order valence-electron chi connectivity index (χ2n) is 12.7. The maximum Gasteiger partial charge on any atom is 0.331 e. The van der Waals surface area contributed by atoms with Crippen molar-refractivity contribution in [2.75, 3.05) is 13.2 Å². The lowest BCUT2D eigenvalue weighted by molar-refractivity contribution is -0.358. The minimum Gasteiger partial charge on any atom is -0.508 e. The molecule has 300 valence electrons. The fraction of sp³-hybridized carbons (Fsp3) is 0.333. The summed E-state index contributed by atoms with van der Waals surface area (Å²) < 4.78 is 34.3. The number of aliphatic hydroxyl groups excluding tert-OH is 6. The Balaban J connectivity index is 1.38. The maximum atomic E-state index is 14.0. The molecule has 20 heteroatoms. The number of rotatable bonds is 10. The normalized spacial score (nSPS) is 28.0. The van der Waals surface area contributed by atoms with Crippen LogP contribution < -0.4 is 10.2 Å². The van der Waals surface area contributed by atoms with Crippen LogP contribution in [-0.2, 0) is 23.7 Å². The molecule has 0 bridgehead atoms. The molecule has 2 fully saturated rings. The van der Waals surface area contributed by atoms with Gasteiger partial charge >= 0.3 is 5.97 Å². The van der Waals surface area contributed by atoms with E-state index in [1.54, 1.807) is 0 Å². The predicted octanol–water partition coefficient (Wildman–Crippen LogP) is -1.04. The number of carbonyl (C=O) groups excluding carboxylic acids is 1. The van der Waals surface area contributed by atoms with Crippen molar-refractivity contribution in [2.45, 2.75) is 61.4 Å². The van der Waals surface area contributed by atoms with Crippen LogP contribution in [0.5, 0.6) is 40.2 Å². The van der Waals surface area contributed by atoms with E-state index in [4.69, 9.17) is 28.1 Å². The molecular formula is C36H36O20. The van der Waals surface area contributed by atoms with Crippen molar-refractivity contribution in [3.63, 3.8) is 0 Å². The Morgan fingerprint density at radius 1 is 0.696 bits per heavy atom. The molecule has 2 aliphatic rings. The Hall–Kier alpha value is -5.68. The van der Waals surface area contributed by atoms with E-state index in [2.05, 4.69) is 0 Å². The first-order chi connectivity index (χ1) is 26.6. The summed E-state index contributed by atoms with van der Waals surface area (Å²) in [6.07, 6.45) is -17.2. The van der Waals surface area contributed by atoms with E-state index >= 15 is 0 Å². The first-order valence-corrected chi connectivity index (χ1v) is 16.6. The van der Waals surface area contributed by atoms with Crippen molar-refractivity contribution in [3.8, 4) is 51.6 Å². The number of ether oxygens (including phenoxy) is 5. The zero-order valence-electron chi connectivity index (χ0n) is 28.6. The van der Waals surface area contributed by atoms with Gasteiger partial charge in [0.1, 0.15) is 59.1 Å². The second-order valence-corrected chi connectivity index (χ2v) is 12.7. The van der Waals surface area contributed by atoms with Gasteiger partial charge in [-0.15, -0.1) is 0 Å². The summed E-state index contributed by atoms with van der Waals surface area (Å²) in [5.41, 5.74) is -1.39. The molecule has 56 heavy (non-hydrogen) atoms. The number of phenols is 6. The highest BCUT2D eigenvalue weighted by Gasteiger charge is 2.53. The smallest absolute Gasteiger partial charge is 0.331 e. The lowest BCUT2D eigenvalue weighted by atomic mass is 9.97. The van der Waals surface area contributed by atoms with E-state index in [1.165, 1.54) is 12.1 Å². The van der Waals surface area contributed by atoms with Crippen molar-refractivity contribution in [1.29, 1.82) is 0 Å². The van der Waals surface area contributed by atoms with Gasteiger partial charge in [0.05, 0.1) is 13.2 Å². The fourth-order valence-corrected chi connectivity index (χ4v) is 6.07. The highest BCUT2D eigenvalue weighted by Crippen LogP contribution is 2.40. The number of esters is 1. The van der Waals surface area contributed by atoms with Crippen LogP contribution in [0.1, 0.15) is 5.56 Å². The highest BCUT2D eigenvalue weighted by molar-refractivity contribution is 5.89. The Bertz CT molecular complexity index is 2170. The molecule has 2 saturated heterocycles. The van der Waals surface area contributed by atoms with Crippen LogP contribution in [0.15, 0.2) is 63.8 Å². The summed E-state index contributed by atoms with van der Waals surface area (Å²) in [6.45, 7) is -1.85. The quantitative estimate of drug-likeness (QED) is 0.0519. The zero-order valence-corrected chi connectivity index (χ0v) is 28.6. The van der Waals surface area contributed by atoms with Gasteiger partial charge in [-0.1, -0.05) is 6.07 Å². The number of fused-ring (bicyclic) bond motifs is 1. The number of benzene rings is 3.